The van der Waals surface area contributed by atoms with Gasteiger partial charge in [-0.25, -0.2) is 9.78 Å². The van der Waals surface area contributed by atoms with E-state index in [1.165, 1.54) is 5.56 Å². The quantitative estimate of drug-likeness (QED) is 0.540. The molecular weight excluding hydrogens is 350 g/mol. The summed E-state index contributed by atoms with van der Waals surface area (Å²) in [4.78, 5) is 22.9. The minimum absolute atomic E-state index is 0.248. The minimum atomic E-state index is -0.943. The third kappa shape index (κ3) is 2.76. The number of aromatic nitrogens is 2. The van der Waals surface area contributed by atoms with E-state index < -0.39 is 5.97 Å². The molecule has 1 atom stereocenters. The summed E-state index contributed by atoms with van der Waals surface area (Å²) in [6.07, 6.45) is 4.70. The van der Waals surface area contributed by atoms with Crippen LogP contribution < -0.4 is 4.90 Å². The standard InChI is InChI=1S/C23H19N3O2/c27-23(28)16-6-7-18-20-13-24-10-8-19(20)22(25-21(18)12-16)26-11-9-17(14-26)15-4-2-1-3-5-15/h1-8,10,12-13,17H,9,11,14H2,(H,27,28). The van der Waals surface area contributed by atoms with Crippen LogP contribution in [0.15, 0.2) is 67.0 Å². The van der Waals surface area contributed by atoms with Gasteiger partial charge in [-0.1, -0.05) is 36.4 Å². The molecule has 0 spiro atoms. The lowest BCUT2D eigenvalue weighted by Gasteiger charge is -2.21. The van der Waals surface area contributed by atoms with Crippen LogP contribution in [0.1, 0.15) is 28.3 Å². The number of benzene rings is 2. The van der Waals surface area contributed by atoms with Crippen molar-refractivity contribution in [3.05, 3.63) is 78.1 Å². The Hall–Kier alpha value is -3.47. The molecule has 138 valence electrons. The number of anilines is 1. The monoisotopic (exact) mass is 369 g/mol. The summed E-state index contributed by atoms with van der Waals surface area (Å²) in [5.74, 6) is 0.439. The fraction of sp³-hybridized carbons (Fsp3) is 0.174. The number of hydrogen-bond donors (Lipinski definition) is 1. The molecule has 28 heavy (non-hydrogen) atoms. The average molecular weight is 369 g/mol. The van der Waals surface area contributed by atoms with Gasteiger partial charge in [-0.05, 0) is 30.2 Å². The number of nitrogens with zero attached hydrogens (tertiary/aromatic N) is 3. The summed E-state index contributed by atoms with van der Waals surface area (Å²) in [6, 6.07) is 17.7. The summed E-state index contributed by atoms with van der Waals surface area (Å²) in [6.45, 7) is 1.83. The highest BCUT2D eigenvalue weighted by Gasteiger charge is 2.26. The van der Waals surface area contributed by atoms with Crippen molar-refractivity contribution in [3.63, 3.8) is 0 Å². The Bertz CT molecular complexity index is 1190. The van der Waals surface area contributed by atoms with Gasteiger partial charge in [0, 0.05) is 47.6 Å². The van der Waals surface area contributed by atoms with Gasteiger partial charge >= 0.3 is 5.97 Å². The number of aromatic carboxylic acids is 1. The van der Waals surface area contributed by atoms with Crippen LogP contribution in [0, 0.1) is 0 Å². The van der Waals surface area contributed by atoms with E-state index in [0.29, 0.717) is 11.4 Å². The number of carboxylic acids is 1. The maximum absolute atomic E-state index is 11.4. The number of hydrogen-bond acceptors (Lipinski definition) is 4. The molecule has 1 aliphatic heterocycles. The smallest absolute Gasteiger partial charge is 0.335 e. The van der Waals surface area contributed by atoms with Gasteiger partial charge in [0.1, 0.15) is 5.82 Å². The van der Waals surface area contributed by atoms with E-state index >= 15 is 0 Å². The van der Waals surface area contributed by atoms with E-state index in [9.17, 15) is 9.90 Å². The summed E-state index contributed by atoms with van der Waals surface area (Å²) in [7, 11) is 0. The largest absolute Gasteiger partial charge is 0.478 e. The highest BCUT2D eigenvalue weighted by molar-refractivity contribution is 6.11. The van der Waals surface area contributed by atoms with Crippen molar-refractivity contribution in [3.8, 4) is 0 Å². The minimum Gasteiger partial charge on any atom is -0.478 e. The van der Waals surface area contributed by atoms with Gasteiger partial charge in [0.2, 0.25) is 0 Å². The number of carboxylic acid groups (broad SMARTS) is 1. The van der Waals surface area contributed by atoms with Gasteiger partial charge in [0.05, 0.1) is 11.1 Å². The van der Waals surface area contributed by atoms with Crippen molar-refractivity contribution < 1.29 is 9.90 Å². The molecule has 1 fully saturated rings. The van der Waals surface area contributed by atoms with Gasteiger partial charge in [-0.2, -0.15) is 0 Å². The average Bonchev–Trinajstić information content (AvgIpc) is 3.23. The molecule has 1 saturated heterocycles. The number of carbonyl (C=O) groups is 1. The third-order valence-corrected chi connectivity index (χ3v) is 5.58. The van der Waals surface area contributed by atoms with Crippen LogP contribution >= 0.6 is 0 Å². The van der Waals surface area contributed by atoms with Crippen molar-refractivity contribution in [2.24, 2.45) is 0 Å². The normalized spacial score (nSPS) is 16.7. The molecule has 2 aromatic heterocycles. The topological polar surface area (TPSA) is 66.3 Å². The Morgan fingerprint density at radius 2 is 1.89 bits per heavy atom. The highest BCUT2D eigenvalue weighted by Crippen LogP contribution is 2.36. The first kappa shape index (κ1) is 16.7. The number of rotatable bonds is 3. The van der Waals surface area contributed by atoms with Gasteiger partial charge < -0.3 is 10.0 Å². The molecule has 4 aromatic rings. The van der Waals surface area contributed by atoms with E-state index in [1.807, 2.05) is 24.4 Å². The molecule has 2 aromatic carbocycles. The van der Waals surface area contributed by atoms with Gasteiger partial charge in [-0.15, -0.1) is 0 Å². The molecule has 5 rings (SSSR count). The third-order valence-electron chi connectivity index (χ3n) is 5.58. The lowest BCUT2D eigenvalue weighted by atomic mass is 9.99. The number of fused-ring (bicyclic) bond motifs is 3. The molecule has 1 aliphatic rings. The molecular formula is C23H19N3O2. The van der Waals surface area contributed by atoms with E-state index in [4.69, 9.17) is 4.98 Å². The van der Waals surface area contributed by atoms with Gasteiger partial charge in [0.15, 0.2) is 0 Å². The lowest BCUT2D eigenvalue weighted by Crippen LogP contribution is -2.21. The summed E-state index contributed by atoms with van der Waals surface area (Å²) >= 11 is 0. The summed E-state index contributed by atoms with van der Waals surface area (Å²) in [5, 5.41) is 12.3. The van der Waals surface area contributed by atoms with Crippen LogP contribution in [0.25, 0.3) is 21.7 Å². The van der Waals surface area contributed by atoms with Crippen LogP contribution in [0.4, 0.5) is 5.82 Å². The Kier molecular flexibility index (Phi) is 3.93. The first-order valence-corrected chi connectivity index (χ1v) is 9.41. The van der Waals surface area contributed by atoms with Crippen molar-refractivity contribution in [1.82, 2.24) is 9.97 Å². The van der Waals surface area contributed by atoms with Crippen molar-refractivity contribution >= 4 is 33.5 Å². The maximum atomic E-state index is 11.4. The highest BCUT2D eigenvalue weighted by atomic mass is 16.4. The fourth-order valence-electron chi connectivity index (χ4n) is 4.15. The maximum Gasteiger partial charge on any atom is 0.335 e. The molecule has 0 bridgehead atoms. The SMILES string of the molecule is O=C(O)c1ccc2c(c1)nc(N1CCC(c3ccccc3)C1)c1ccncc12. The van der Waals surface area contributed by atoms with Gasteiger partial charge in [0.25, 0.3) is 0 Å². The molecule has 0 aliphatic carbocycles. The first-order valence-electron chi connectivity index (χ1n) is 9.41. The molecule has 0 amide bonds. The van der Waals surface area contributed by atoms with Crippen molar-refractivity contribution in [2.45, 2.75) is 12.3 Å². The second kappa shape index (κ2) is 6.60. The number of pyridine rings is 2. The Morgan fingerprint density at radius 1 is 1.04 bits per heavy atom. The van der Waals surface area contributed by atoms with Crippen LogP contribution in [0.3, 0.4) is 0 Å². The van der Waals surface area contributed by atoms with E-state index in [2.05, 4.69) is 34.1 Å². The zero-order chi connectivity index (χ0) is 19.1. The molecule has 1 unspecified atom stereocenters. The zero-order valence-electron chi connectivity index (χ0n) is 15.2. The fourth-order valence-corrected chi connectivity index (χ4v) is 4.15. The predicted octanol–water partition coefficient (Wildman–Crippen LogP) is 4.48. The first-order chi connectivity index (χ1) is 13.7. The molecule has 5 nitrogen and oxygen atoms in total. The van der Waals surface area contributed by atoms with Crippen LogP contribution in [-0.4, -0.2) is 34.1 Å². The van der Waals surface area contributed by atoms with Crippen LogP contribution in [0.5, 0.6) is 0 Å². The Morgan fingerprint density at radius 3 is 2.71 bits per heavy atom. The molecule has 3 heterocycles. The second-order valence-electron chi connectivity index (χ2n) is 7.24. The summed E-state index contributed by atoms with van der Waals surface area (Å²) < 4.78 is 0. The zero-order valence-corrected chi connectivity index (χ0v) is 15.2. The van der Waals surface area contributed by atoms with E-state index in [0.717, 1.165) is 41.5 Å². The molecule has 0 saturated carbocycles. The lowest BCUT2D eigenvalue weighted by molar-refractivity contribution is 0.0697. The van der Waals surface area contributed by atoms with Gasteiger partial charge in [-0.3, -0.25) is 4.98 Å². The predicted molar refractivity (Wildman–Crippen MR) is 110 cm³/mol. The van der Waals surface area contributed by atoms with Crippen molar-refractivity contribution in [1.29, 1.82) is 0 Å². The van der Waals surface area contributed by atoms with E-state index in [-0.39, 0.29) is 5.56 Å². The second-order valence-corrected chi connectivity index (χ2v) is 7.24. The van der Waals surface area contributed by atoms with Crippen LogP contribution in [0.2, 0.25) is 0 Å². The molecule has 0 radical (unpaired) electrons. The van der Waals surface area contributed by atoms with E-state index in [1.54, 1.807) is 18.3 Å². The Balaban J connectivity index is 1.62. The molecule has 1 N–H and O–H groups in total. The Labute approximate surface area is 162 Å². The molecule has 5 heteroatoms. The summed E-state index contributed by atoms with van der Waals surface area (Å²) in [5.41, 5.74) is 2.29. The van der Waals surface area contributed by atoms with Crippen LogP contribution in [-0.2, 0) is 0 Å². The van der Waals surface area contributed by atoms with Crippen molar-refractivity contribution in [2.75, 3.05) is 18.0 Å².